The number of carbonyl (C=O) groups is 1. The molecule has 1 saturated heterocycles. The largest absolute Gasteiger partial charge is 0.465 e. The summed E-state index contributed by atoms with van der Waals surface area (Å²) in [5, 5.41) is 21.9. The average molecular weight is 242 g/mol. The highest BCUT2D eigenvalue weighted by atomic mass is 32.1. The number of hydrogen-bond donors (Lipinski definition) is 2. The van der Waals surface area contributed by atoms with Gasteiger partial charge in [0.2, 0.25) is 0 Å². The Bertz CT molecular complexity index is 368. The second-order valence-electron chi connectivity index (χ2n) is 3.99. The number of likely N-dealkylation sites (tertiary alicyclic amines) is 1. The van der Waals surface area contributed by atoms with Gasteiger partial charge < -0.3 is 15.1 Å². The number of carboxylic acid groups (broad SMARTS) is 1. The Balaban J connectivity index is 2.11. The van der Waals surface area contributed by atoms with Crippen LogP contribution in [0.5, 0.6) is 0 Å². The third-order valence-electron chi connectivity index (χ3n) is 2.91. The van der Waals surface area contributed by atoms with Gasteiger partial charge in [-0.25, -0.2) is 9.78 Å². The predicted octanol–water partition coefficient (Wildman–Crippen LogP) is 1.49. The molecule has 0 aromatic carbocycles. The van der Waals surface area contributed by atoms with E-state index < -0.39 is 11.7 Å². The van der Waals surface area contributed by atoms with E-state index in [1.54, 1.807) is 6.20 Å². The van der Waals surface area contributed by atoms with Crippen LogP contribution in [0.25, 0.3) is 0 Å². The summed E-state index contributed by atoms with van der Waals surface area (Å²) in [6.07, 6.45) is 2.42. The molecule has 0 aliphatic carbocycles. The summed E-state index contributed by atoms with van der Waals surface area (Å²) in [6, 6.07) is 0. The lowest BCUT2D eigenvalue weighted by Crippen LogP contribution is -2.32. The van der Waals surface area contributed by atoms with Crippen molar-refractivity contribution in [1.29, 1.82) is 0 Å². The van der Waals surface area contributed by atoms with Gasteiger partial charge >= 0.3 is 6.09 Å². The fourth-order valence-corrected chi connectivity index (χ4v) is 2.77. The number of aromatic nitrogens is 1. The molecule has 6 heteroatoms. The Morgan fingerprint density at radius 3 is 2.94 bits per heavy atom. The molecule has 16 heavy (non-hydrogen) atoms. The van der Waals surface area contributed by atoms with Crippen molar-refractivity contribution in [3.8, 4) is 0 Å². The molecule has 88 valence electrons. The van der Waals surface area contributed by atoms with Crippen LogP contribution in [-0.2, 0) is 5.60 Å². The monoisotopic (exact) mass is 242 g/mol. The first-order valence-corrected chi connectivity index (χ1v) is 6.10. The van der Waals surface area contributed by atoms with E-state index in [1.165, 1.54) is 16.2 Å². The van der Waals surface area contributed by atoms with Gasteiger partial charge in [-0.15, -0.1) is 11.3 Å². The topological polar surface area (TPSA) is 73.7 Å². The Labute approximate surface area is 97.4 Å². The van der Waals surface area contributed by atoms with Crippen LogP contribution in [0.3, 0.4) is 0 Å². The molecule has 2 N–H and O–H groups in total. The highest BCUT2D eigenvalue weighted by Gasteiger charge is 2.35. The molecule has 2 rings (SSSR count). The summed E-state index contributed by atoms with van der Waals surface area (Å²) >= 11 is 1.42. The van der Waals surface area contributed by atoms with Gasteiger partial charge in [0.25, 0.3) is 0 Å². The lowest BCUT2D eigenvalue weighted by Gasteiger charge is -2.23. The van der Waals surface area contributed by atoms with Gasteiger partial charge in [0.05, 0.1) is 0 Å². The van der Waals surface area contributed by atoms with Gasteiger partial charge in [-0.3, -0.25) is 0 Å². The van der Waals surface area contributed by atoms with Crippen molar-refractivity contribution >= 4 is 17.4 Å². The Kier molecular flexibility index (Phi) is 3.11. The average Bonchev–Trinajstić information content (AvgIpc) is 2.70. The molecule has 1 unspecified atom stereocenters. The highest BCUT2D eigenvalue weighted by molar-refractivity contribution is 7.09. The van der Waals surface area contributed by atoms with Gasteiger partial charge in [0, 0.05) is 31.1 Å². The minimum absolute atomic E-state index is 0.366. The lowest BCUT2D eigenvalue weighted by molar-refractivity contribution is 0.0213. The van der Waals surface area contributed by atoms with E-state index in [0.29, 0.717) is 37.4 Å². The molecule has 0 saturated carbocycles. The van der Waals surface area contributed by atoms with Crippen LogP contribution in [0.15, 0.2) is 11.6 Å². The van der Waals surface area contributed by atoms with Gasteiger partial charge in [0.15, 0.2) is 0 Å². The third-order valence-corrected chi connectivity index (χ3v) is 3.88. The van der Waals surface area contributed by atoms with Crippen LogP contribution >= 0.6 is 11.3 Å². The maximum Gasteiger partial charge on any atom is 0.407 e. The first-order valence-electron chi connectivity index (χ1n) is 5.22. The van der Waals surface area contributed by atoms with Crippen LogP contribution in [-0.4, -0.2) is 39.3 Å². The van der Waals surface area contributed by atoms with E-state index in [2.05, 4.69) is 4.98 Å². The number of nitrogens with zero attached hydrogens (tertiary/aromatic N) is 2. The zero-order chi connectivity index (χ0) is 11.6. The van der Waals surface area contributed by atoms with Gasteiger partial charge in [0.1, 0.15) is 10.6 Å². The summed E-state index contributed by atoms with van der Waals surface area (Å²) in [6.45, 7) is 0.856. The standard InChI is InChI=1S/C10H14N2O3S/c13-9(14)12-5-1-2-10(15,3-6-12)8-11-4-7-16-8/h4,7,15H,1-3,5-6H2,(H,13,14). The SMILES string of the molecule is O=C(O)N1CCCC(O)(c2nccs2)CC1. The quantitative estimate of drug-likeness (QED) is 0.782. The summed E-state index contributed by atoms with van der Waals surface area (Å²) in [4.78, 5) is 16.3. The van der Waals surface area contributed by atoms with Crippen molar-refractivity contribution in [1.82, 2.24) is 9.88 Å². The zero-order valence-electron chi connectivity index (χ0n) is 8.80. The second-order valence-corrected chi connectivity index (χ2v) is 4.89. The number of thiazole rings is 1. The van der Waals surface area contributed by atoms with Gasteiger partial charge in [-0.05, 0) is 12.8 Å². The van der Waals surface area contributed by atoms with Crippen LogP contribution in [0.1, 0.15) is 24.3 Å². The van der Waals surface area contributed by atoms with E-state index in [1.807, 2.05) is 5.38 Å². The molecule has 1 amide bonds. The smallest absolute Gasteiger partial charge is 0.407 e. The molecule has 0 bridgehead atoms. The molecule has 0 radical (unpaired) electrons. The second kappa shape index (κ2) is 4.39. The van der Waals surface area contributed by atoms with E-state index in [4.69, 9.17) is 5.11 Å². The lowest BCUT2D eigenvalue weighted by atomic mass is 9.96. The molecule has 1 aromatic heterocycles. The number of hydrogen-bond acceptors (Lipinski definition) is 4. The Hall–Kier alpha value is -1.14. The molecule has 2 heterocycles. The van der Waals surface area contributed by atoms with Crippen molar-refractivity contribution in [3.63, 3.8) is 0 Å². The summed E-state index contributed by atoms with van der Waals surface area (Å²) in [5.41, 5.74) is -0.946. The molecule has 1 aliphatic rings. The zero-order valence-corrected chi connectivity index (χ0v) is 9.61. The molecule has 0 spiro atoms. The van der Waals surface area contributed by atoms with E-state index in [0.717, 1.165) is 0 Å². The fourth-order valence-electron chi connectivity index (χ4n) is 1.98. The third kappa shape index (κ3) is 2.17. The van der Waals surface area contributed by atoms with Crippen LogP contribution in [0, 0.1) is 0 Å². The fraction of sp³-hybridized carbons (Fsp3) is 0.600. The number of aliphatic hydroxyl groups is 1. The molecule has 1 aromatic rings. The van der Waals surface area contributed by atoms with Crippen LogP contribution < -0.4 is 0 Å². The first-order chi connectivity index (χ1) is 7.62. The summed E-state index contributed by atoms with van der Waals surface area (Å²) < 4.78 is 0. The highest BCUT2D eigenvalue weighted by Crippen LogP contribution is 2.33. The molecule has 1 aliphatic heterocycles. The predicted molar refractivity (Wildman–Crippen MR) is 59.5 cm³/mol. The van der Waals surface area contributed by atoms with E-state index in [9.17, 15) is 9.90 Å². The van der Waals surface area contributed by atoms with E-state index in [-0.39, 0.29) is 0 Å². The van der Waals surface area contributed by atoms with Crippen molar-refractivity contribution in [2.45, 2.75) is 24.9 Å². The van der Waals surface area contributed by atoms with Crippen molar-refractivity contribution < 1.29 is 15.0 Å². The van der Waals surface area contributed by atoms with Crippen LogP contribution in [0.4, 0.5) is 4.79 Å². The van der Waals surface area contributed by atoms with E-state index >= 15 is 0 Å². The minimum Gasteiger partial charge on any atom is -0.465 e. The summed E-state index contributed by atoms with van der Waals surface area (Å²) in [5.74, 6) is 0. The summed E-state index contributed by atoms with van der Waals surface area (Å²) in [7, 11) is 0. The molecule has 1 atom stereocenters. The molecular formula is C10H14N2O3S. The first kappa shape index (κ1) is 11.3. The van der Waals surface area contributed by atoms with Crippen molar-refractivity contribution in [2.75, 3.05) is 13.1 Å². The normalized spacial score (nSPS) is 26.4. The maximum atomic E-state index is 10.8. The van der Waals surface area contributed by atoms with Gasteiger partial charge in [-0.2, -0.15) is 0 Å². The number of amides is 1. The molecule has 5 nitrogen and oxygen atoms in total. The van der Waals surface area contributed by atoms with Crippen molar-refractivity contribution in [3.05, 3.63) is 16.6 Å². The molecular weight excluding hydrogens is 228 g/mol. The number of rotatable bonds is 1. The minimum atomic E-state index is -0.946. The Morgan fingerprint density at radius 1 is 1.50 bits per heavy atom. The maximum absolute atomic E-state index is 10.8. The van der Waals surface area contributed by atoms with Crippen LogP contribution in [0.2, 0.25) is 0 Å². The molecule has 1 fully saturated rings. The van der Waals surface area contributed by atoms with Crippen molar-refractivity contribution in [2.24, 2.45) is 0 Å². The Morgan fingerprint density at radius 2 is 2.31 bits per heavy atom. The van der Waals surface area contributed by atoms with Gasteiger partial charge in [-0.1, -0.05) is 0 Å².